The Morgan fingerprint density at radius 2 is 2.33 bits per heavy atom. The maximum absolute atomic E-state index is 13.0. The average molecular weight is 228 g/mol. The molecule has 0 fully saturated rings. The van der Waals surface area contributed by atoms with Gasteiger partial charge in [-0.1, -0.05) is 19.1 Å². The summed E-state index contributed by atoms with van der Waals surface area (Å²) in [6.45, 7) is 2.14. The monoisotopic (exact) mass is 228 g/mol. The molecular weight excluding hydrogens is 211 g/mol. The molecule has 3 N–H and O–H groups in total. The quantitative estimate of drug-likeness (QED) is 0.446. The molecule has 0 aliphatic rings. The molecule has 4 heteroatoms. The van der Waals surface area contributed by atoms with E-state index < -0.39 is 0 Å². The summed E-state index contributed by atoms with van der Waals surface area (Å²) < 4.78 is 13.0. The van der Waals surface area contributed by atoms with Gasteiger partial charge >= 0.3 is 0 Å². The standard InChI is InChI=1S/C11H17FN2S/c1-2-6-15-8-11(14-13)9-4-3-5-10(12)7-9/h3-5,7,11,14H,2,6,8,13H2,1H3. The SMILES string of the molecule is CCCSCC(NN)c1cccc(F)c1. The van der Waals surface area contributed by atoms with Crippen molar-refractivity contribution in [2.75, 3.05) is 11.5 Å². The van der Waals surface area contributed by atoms with Gasteiger partial charge in [0.2, 0.25) is 0 Å². The van der Waals surface area contributed by atoms with E-state index in [1.165, 1.54) is 12.1 Å². The first kappa shape index (κ1) is 12.5. The summed E-state index contributed by atoms with van der Waals surface area (Å²) >= 11 is 1.82. The highest BCUT2D eigenvalue weighted by Crippen LogP contribution is 2.18. The normalized spacial score (nSPS) is 12.7. The summed E-state index contributed by atoms with van der Waals surface area (Å²) in [5.41, 5.74) is 3.62. The molecule has 0 aliphatic heterocycles. The van der Waals surface area contributed by atoms with Gasteiger partial charge in [0.1, 0.15) is 5.82 Å². The second-order valence-electron chi connectivity index (χ2n) is 3.35. The van der Waals surface area contributed by atoms with Gasteiger partial charge in [-0.2, -0.15) is 11.8 Å². The number of nitrogens with one attached hydrogen (secondary N) is 1. The van der Waals surface area contributed by atoms with E-state index in [1.807, 2.05) is 17.8 Å². The summed E-state index contributed by atoms with van der Waals surface area (Å²) in [7, 11) is 0. The van der Waals surface area contributed by atoms with Crippen LogP contribution in [0.5, 0.6) is 0 Å². The summed E-state index contributed by atoms with van der Waals surface area (Å²) in [5.74, 6) is 7.21. The molecule has 0 saturated heterocycles. The number of halogens is 1. The molecule has 15 heavy (non-hydrogen) atoms. The van der Waals surface area contributed by atoms with Crippen LogP contribution >= 0.6 is 11.8 Å². The lowest BCUT2D eigenvalue weighted by Gasteiger charge is -2.15. The van der Waals surface area contributed by atoms with Gasteiger partial charge in [0.15, 0.2) is 0 Å². The molecule has 1 aromatic rings. The first-order valence-corrected chi connectivity index (χ1v) is 6.22. The van der Waals surface area contributed by atoms with Crippen LogP contribution in [0.15, 0.2) is 24.3 Å². The van der Waals surface area contributed by atoms with Crippen molar-refractivity contribution in [1.82, 2.24) is 5.43 Å². The van der Waals surface area contributed by atoms with Crippen molar-refractivity contribution in [3.63, 3.8) is 0 Å². The third-order valence-corrected chi connectivity index (χ3v) is 3.35. The predicted molar refractivity (Wildman–Crippen MR) is 64.1 cm³/mol. The Kier molecular flexibility index (Phi) is 5.68. The molecule has 0 amide bonds. The lowest BCUT2D eigenvalue weighted by molar-refractivity contribution is 0.591. The van der Waals surface area contributed by atoms with Gasteiger partial charge < -0.3 is 0 Å². The van der Waals surface area contributed by atoms with Crippen molar-refractivity contribution in [3.05, 3.63) is 35.6 Å². The molecule has 0 aromatic heterocycles. The van der Waals surface area contributed by atoms with E-state index in [2.05, 4.69) is 12.3 Å². The summed E-state index contributed by atoms with van der Waals surface area (Å²) in [6, 6.07) is 6.59. The molecule has 1 unspecified atom stereocenters. The van der Waals surface area contributed by atoms with E-state index >= 15 is 0 Å². The Bertz CT molecular complexity index is 294. The minimum Gasteiger partial charge on any atom is -0.271 e. The van der Waals surface area contributed by atoms with Crippen LogP contribution in [0.3, 0.4) is 0 Å². The van der Waals surface area contributed by atoms with Gasteiger partial charge in [-0.05, 0) is 29.9 Å². The van der Waals surface area contributed by atoms with Crippen LogP contribution in [0, 0.1) is 5.82 Å². The molecular formula is C11H17FN2S. The van der Waals surface area contributed by atoms with Gasteiger partial charge in [-0.25, -0.2) is 4.39 Å². The largest absolute Gasteiger partial charge is 0.271 e. The molecule has 2 nitrogen and oxygen atoms in total. The molecule has 0 heterocycles. The lowest BCUT2D eigenvalue weighted by Crippen LogP contribution is -2.29. The van der Waals surface area contributed by atoms with Crippen LogP contribution in [-0.4, -0.2) is 11.5 Å². The fourth-order valence-corrected chi connectivity index (χ4v) is 2.29. The molecule has 0 bridgehead atoms. The van der Waals surface area contributed by atoms with Crippen LogP contribution in [0.4, 0.5) is 4.39 Å². The van der Waals surface area contributed by atoms with Crippen molar-refractivity contribution in [3.8, 4) is 0 Å². The molecule has 1 atom stereocenters. The zero-order valence-electron chi connectivity index (χ0n) is 8.87. The van der Waals surface area contributed by atoms with E-state index in [4.69, 9.17) is 5.84 Å². The number of hydrogen-bond donors (Lipinski definition) is 2. The topological polar surface area (TPSA) is 38.0 Å². The highest BCUT2D eigenvalue weighted by molar-refractivity contribution is 7.99. The van der Waals surface area contributed by atoms with E-state index in [9.17, 15) is 4.39 Å². The number of rotatable bonds is 6. The third-order valence-electron chi connectivity index (χ3n) is 2.09. The van der Waals surface area contributed by atoms with Crippen LogP contribution in [-0.2, 0) is 0 Å². The lowest BCUT2D eigenvalue weighted by atomic mass is 10.1. The van der Waals surface area contributed by atoms with Crippen LogP contribution < -0.4 is 11.3 Å². The predicted octanol–water partition coefficient (Wildman–Crippen LogP) is 2.47. The summed E-state index contributed by atoms with van der Waals surface area (Å²) in [6.07, 6.45) is 1.14. The van der Waals surface area contributed by atoms with Crippen molar-refractivity contribution in [2.45, 2.75) is 19.4 Å². The van der Waals surface area contributed by atoms with E-state index in [1.54, 1.807) is 6.07 Å². The van der Waals surface area contributed by atoms with Crippen molar-refractivity contribution in [2.24, 2.45) is 5.84 Å². The molecule has 0 spiro atoms. The number of nitrogens with two attached hydrogens (primary N) is 1. The van der Waals surface area contributed by atoms with Crippen LogP contribution in [0.2, 0.25) is 0 Å². The highest BCUT2D eigenvalue weighted by Gasteiger charge is 2.09. The van der Waals surface area contributed by atoms with E-state index in [-0.39, 0.29) is 11.9 Å². The molecule has 1 rings (SSSR count). The maximum Gasteiger partial charge on any atom is 0.123 e. The van der Waals surface area contributed by atoms with Gasteiger partial charge in [0.05, 0.1) is 6.04 Å². The number of thioether (sulfide) groups is 1. The number of benzene rings is 1. The molecule has 1 aromatic carbocycles. The Hall–Kier alpha value is -0.580. The molecule has 0 radical (unpaired) electrons. The van der Waals surface area contributed by atoms with Crippen LogP contribution in [0.1, 0.15) is 24.9 Å². The zero-order chi connectivity index (χ0) is 11.1. The molecule has 0 aliphatic carbocycles. The van der Waals surface area contributed by atoms with E-state index in [0.717, 1.165) is 23.5 Å². The third kappa shape index (κ3) is 4.20. The first-order valence-electron chi connectivity index (χ1n) is 5.07. The van der Waals surface area contributed by atoms with E-state index in [0.29, 0.717) is 0 Å². The minimum atomic E-state index is -0.215. The smallest absolute Gasteiger partial charge is 0.123 e. The van der Waals surface area contributed by atoms with Gasteiger partial charge in [0, 0.05) is 5.75 Å². The van der Waals surface area contributed by atoms with Crippen molar-refractivity contribution >= 4 is 11.8 Å². The fourth-order valence-electron chi connectivity index (χ4n) is 1.31. The Balaban J connectivity index is 2.57. The second kappa shape index (κ2) is 6.82. The summed E-state index contributed by atoms with van der Waals surface area (Å²) in [4.78, 5) is 0. The highest BCUT2D eigenvalue weighted by atomic mass is 32.2. The maximum atomic E-state index is 13.0. The summed E-state index contributed by atoms with van der Waals surface area (Å²) in [5, 5.41) is 0. The van der Waals surface area contributed by atoms with Crippen molar-refractivity contribution < 1.29 is 4.39 Å². The van der Waals surface area contributed by atoms with Gasteiger partial charge in [0.25, 0.3) is 0 Å². The minimum absolute atomic E-state index is 0.0252. The fraction of sp³-hybridized carbons (Fsp3) is 0.455. The van der Waals surface area contributed by atoms with Gasteiger partial charge in [-0.3, -0.25) is 11.3 Å². The number of hydrogen-bond acceptors (Lipinski definition) is 3. The average Bonchev–Trinajstić information content (AvgIpc) is 2.24. The van der Waals surface area contributed by atoms with Gasteiger partial charge in [-0.15, -0.1) is 0 Å². The van der Waals surface area contributed by atoms with Crippen molar-refractivity contribution in [1.29, 1.82) is 0 Å². The Morgan fingerprint density at radius 3 is 2.93 bits per heavy atom. The molecule has 0 saturated carbocycles. The second-order valence-corrected chi connectivity index (χ2v) is 4.50. The molecule has 84 valence electrons. The number of hydrazine groups is 1. The Morgan fingerprint density at radius 1 is 1.53 bits per heavy atom. The Labute approximate surface area is 94.4 Å². The zero-order valence-corrected chi connectivity index (χ0v) is 9.69. The first-order chi connectivity index (χ1) is 7.27. The van der Waals surface area contributed by atoms with Crippen LogP contribution in [0.25, 0.3) is 0 Å².